The molecule has 0 saturated heterocycles. The van der Waals surface area contributed by atoms with Gasteiger partial charge in [-0.15, -0.1) is 0 Å². The van der Waals surface area contributed by atoms with Crippen LogP contribution in [0.5, 0.6) is 17.2 Å². The summed E-state index contributed by atoms with van der Waals surface area (Å²) in [7, 11) is -1.20. The Hall–Kier alpha value is -3.76. The molecule has 0 spiro atoms. The molecule has 188 valence electrons. The Kier molecular flexibility index (Phi) is 7.66. The van der Waals surface area contributed by atoms with Crippen LogP contribution in [0.25, 0.3) is 11.0 Å². The van der Waals surface area contributed by atoms with Crippen LogP contribution in [0.3, 0.4) is 0 Å². The second kappa shape index (κ2) is 10.9. The molecular formula is C26H27F2N3O4Si. The standard InChI is InChI=1S/C26H27F2N3O4Si/c1-36(2,3)14-13-33-17-31-12-10-20-23(9-11-29-25(20)31)35-24-21(27)15-18(16-22(24)28)30-26(32)34-19-7-5-4-6-8-19/h4-12,15-16H,13-14,17H2,1-3H3,(H,30,32). The van der Waals surface area contributed by atoms with Gasteiger partial charge in [0.1, 0.15) is 23.9 Å². The monoisotopic (exact) mass is 511 g/mol. The summed E-state index contributed by atoms with van der Waals surface area (Å²) in [5.74, 6) is -2.02. The predicted octanol–water partition coefficient (Wildman–Crippen LogP) is 7.03. The average Bonchev–Trinajstić information content (AvgIpc) is 3.23. The van der Waals surface area contributed by atoms with E-state index in [1.165, 1.54) is 12.3 Å². The van der Waals surface area contributed by atoms with E-state index < -0.39 is 31.6 Å². The maximum atomic E-state index is 14.8. The predicted molar refractivity (Wildman–Crippen MR) is 136 cm³/mol. The van der Waals surface area contributed by atoms with Gasteiger partial charge in [0.2, 0.25) is 0 Å². The second-order valence-electron chi connectivity index (χ2n) is 9.38. The first-order valence-corrected chi connectivity index (χ1v) is 15.1. The number of ether oxygens (including phenoxy) is 3. The highest BCUT2D eigenvalue weighted by Crippen LogP contribution is 2.34. The van der Waals surface area contributed by atoms with Gasteiger partial charge in [-0.3, -0.25) is 5.32 Å². The van der Waals surface area contributed by atoms with Crippen molar-refractivity contribution in [1.82, 2.24) is 9.55 Å². The number of amides is 1. The lowest BCUT2D eigenvalue weighted by Gasteiger charge is -2.15. The molecule has 1 amide bonds. The van der Waals surface area contributed by atoms with Crippen molar-refractivity contribution in [3.05, 3.63) is 78.6 Å². The summed E-state index contributed by atoms with van der Waals surface area (Å²) in [5.41, 5.74) is 0.461. The number of fused-ring (bicyclic) bond motifs is 1. The molecule has 7 nitrogen and oxygen atoms in total. The van der Waals surface area contributed by atoms with Gasteiger partial charge >= 0.3 is 6.09 Å². The van der Waals surface area contributed by atoms with Gasteiger partial charge in [0.25, 0.3) is 0 Å². The summed E-state index contributed by atoms with van der Waals surface area (Å²) < 4.78 is 47.9. The number of anilines is 1. The van der Waals surface area contributed by atoms with Gasteiger partial charge in [0, 0.05) is 39.2 Å². The maximum Gasteiger partial charge on any atom is 0.417 e. The molecule has 0 fully saturated rings. The molecule has 0 aliphatic rings. The molecule has 0 atom stereocenters. The molecule has 4 rings (SSSR count). The van der Waals surface area contributed by atoms with Crippen molar-refractivity contribution in [1.29, 1.82) is 0 Å². The van der Waals surface area contributed by atoms with Gasteiger partial charge in [-0.25, -0.2) is 18.6 Å². The van der Waals surface area contributed by atoms with Crippen LogP contribution in [0.2, 0.25) is 25.7 Å². The van der Waals surface area contributed by atoms with Crippen LogP contribution in [0.1, 0.15) is 0 Å². The minimum atomic E-state index is -1.20. The molecule has 2 heterocycles. The van der Waals surface area contributed by atoms with Gasteiger partial charge in [0.05, 0.1) is 11.1 Å². The fourth-order valence-electron chi connectivity index (χ4n) is 3.38. The zero-order chi connectivity index (χ0) is 25.7. The SMILES string of the molecule is C[Si](C)(C)CCOCn1ccc2c(Oc3c(F)cc(NC(=O)Oc4ccccc4)cc3F)ccnc21. The van der Waals surface area contributed by atoms with E-state index in [0.717, 1.165) is 18.2 Å². The van der Waals surface area contributed by atoms with Crippen molar-refractivity contribution in [2.45, 2.75) is 32.4 Å². The highest BCUT2D eigenvalue weighted by molar-refractivity contribution is 6.76. The van der Waals surface area contributed by atoms with Crippen LogP contribution in [-0.2, 0) is 11.5 Å². The van der Waals surface area contributed by atoms with E-state index in [1.807, 2.05) is 4.57 Å². The first kappa shape index (κ1) is 25.3. The maximum absolute atomic E-state index is 14.8. The number of nitrogens with zero attached hydrogens (tertiary/aromatic N) is 2. The third-order valence-corrected chi connectivity index (χ3v) is 6.96. The average molecular weight is 512 g/mol. The molecule has 0 bridgehead atoms. The third-order valence-electron chi connectivity index (χ3n) is 5.26. The topological polar surface area (TPSA) is 74.6 Å². The second-order valence-corrected chi connectivity index (χ2v) is 15.0. The molecule has 0 aliphatic heterocycles. The number of carbonyl (C=O) groups excluding carboxylic acids is 1. The third kappa shape index (κ3) is 6.46. The molecule has 4 aromatic rings. The number of carbonyl (C=O) groups is 1. The largest absolute Gasteiger partial charge is 0.450 e. The van der Waals surface area contributed by atoms with Crippen molar-refractivity contribution in [2.24, 2.45) is 0 Å². The van der Waals surface area contributed by atoms with E-state index in [9.17, 15) is 13.6 Å². The zero-order valence-electron chi connectivity index (χ0n) is 20.3. The number of nitrogens with one attached hydrogen (secondary N) is 1. The Morgan fingerprint density at radius 2 is 1.78 bits per heavy atom. The Balaban J connectivity index is 1.46. The number of pyridine rings is 1. The molecule has 36 heavy (non-hydrogen) atoms. The number of benzene rings is 2. The summed E-state index contributed by atoms with van der Waals surface area (Å²) in [6.45, 7) is 7.81. The van der Waals surface area contributed by atoms with Gasteiger partial charge in [-0.1, -0.05) is 37.8 Å². The fourth-order valence-corrected chi connectivity index (χ4v) is 4.14. The van der Waals surface area contributed by atoms with E-state index >= 15 is 0 Å². The Bertz CT molecular complexity index is 1330. The van der Waals surface area contributed by atoms with Gasteiger partial charge in [-0.2, -0.15) is 0 Å². The molecule has 0 unspecified atom stereocenters. The van der Waals surface area contributed by atoms with Crippen molar-refractivity contribution in [3.8, 4) is 17.2 Å². The van der Waals surface area contributed by atoms with Crippen LogP contribution < -0.4 is 14.8 Å². The molecule has 0 saturated carbocycles. The quantitative estimate of drug-likeness (QED) is 0.193. The Morgan fingerprint density at radius 1 is 1.06 bits per heavy atom. The lowest BCUT2D eigenvalue weighted by atomic mass is 10.2. The van der Waals surface area contributed by atoms with Crippen LogP contribution in [-0.4, -0.2) is 30.3 Å². The number of rotatable bonds is 9. The first-order chi connectivity index (χ1) is 17.2. The van der Waals surface area contributed by atoms with Gasteiger partial charge < -0.3 is 18.8 Å². The van der Waals surface area contributed by atoms with Crippen LogP contribution >= 0.6 is 0 Å². The smallest absolute Gasteiger partial charge is 0.417 e. The van der Waals surface area contributed by atoms with Crippen molar-refractivity contribution in [2.75, 3.05) is 11.9 Å². The van der Waals surface area contributed by atoms with E-state index in [2.05, 4.69) is 29.9 Å². The molecule has 0 aliphatic carbocycles. The fraction of sp³-hybridized carbons (Fsp3) is 0.231. The molecule has 10 heteroatoms. The van der Waals surface area contributed by atoms with Crippen molar-refractivity contribution in [3.63, 3.8) is 0 Å². The van der Waals surface area contributed by atoms with E-state index in [4.69, 9.17) is 14.2 Å². The minimum absolute atomic E-state index is 0.111. The normalized spacial score (nSPS) is 11.5. The summed E-state index contributed by atoms with van der Waals surface area (Å²) >= 11 is 0. The molecule has 2 aromatic carbocycles. The number of hydrogen-bond acceptors (Lipinski definition) is 5. The van der Waals surface area contributed by atoms with E-state index in [0.29, 0.717) is 30.1 Å². The van der Waals surface area contributed by atoms with Gasteiger partial charge in [0.15, 0.2) is 17.4 Å². The number of halogens is 2. The zero-order valence-corrected chi connectivity index (χ0v) is 21.3. The summed E-state index contributed by atoms with van der Waals surface area (Å²) in [6.07, 6.45) is 2.41. The van der Waals surface area contributed by atoms with Crippen LogP contribution in [0, 0.1) is 11.6 Å². The summed E-state index contributed by atoms with van der Waals surface area (Å²) in [4.78, 5) is 16.4. The number of hydrogen-bond donors (Lipinski definition) is 1. The van der Waals surface area contributed by atoms with Crippen molar-refractivity contribution >= 4 is 30.9 Å². The number of para-hydroxylation sites is 1. The highest BCUT2D eigenvalue weighted by Gasteiger charge is 2.18. The van der Waals surface area contributed by atoms with Crippen LogP contribution in [0.4, 0.5) is 19.3 Å². The lowest BCUT2D eigenvalue weighted by molar-refractivity contribution is 0.0899. The highest BCUT2D eigenvalue weighted by atomic mass is 28.3. The molecular weight excluding hydrogens is 484 g/mol. The first-order valence-electron chi connectivity index (χ1n) is 11.4. The van der Waals surface area contributed by atoms with E-state index in [1.54, 1.807) is 42.6 Å². The lowest BCUT2D eigenvalue weighted by Crippen LogP contribution is -2.22. The van der Waals surface area contributed by atoms with E-state index in [-0.39, 0.29) is 11.4 Å². The molecule has 1 N–H and O–H groups in total. The van der Waals surface area contributed by atoms with Crippen LogP contribution in [0.15, 0.2) is 67.0 Å². The van der Waals surface area contributed by atoms with Gasteiger partial charge in [-0.05, 0) is 30.3 Å². The molecule has 0 radical (unpaired) electrons. The summed E-state index contributed by atoms with van der Waals surface area (Å²) in [6, 6.07) is 14.6. The molecule has 2 aromatic heterocycles. The Morgan fingerprint density at radius 3 is 2.47 bits per heavy atom. The Labute approximate surface area is 208 Å². The van der Waals surface area contributed by atoms with Crippen molar-refractivity contribution < 1.29 is 27.8 Å². The summed E-state index contributed by atoms with van der Waals surface area (Å²) in [5, 5.41) is 2.89. The minimum Gasteiger partial charge on any atom is -0.450 e. The number of aromatic nitrogens is 2.